The summed E-state index contributed by atoms with van der Waals surface area (Å²) in [6, 6.07) is 10.4. The van der Waals surface area contributed by atoms with Gasteiger partial charge in [0, 0.05) is 11.1 Å². The third-order valence-electron chi connectivity index (χ3n) is 3.66. The molecule has 1 amide bonds. The highest BCUT2D eigenvalue weighted by Gasteiger charge is 2.17. The largest absolute Gasteiger partial charge is 0.497 e. The monoisotopic (exact) mass is 393 g/mol. The van der Waals surface area contributed by atoms with Crippen molar-refractivity contribution in [2.75, 3.05) is 21.3 Å². The zero-order valence-electron chi connectivity index (χ0n) is 14.1. The van der Waals surface area contributed by atoms with Gasteiger partial charge in [0.15, 0.2) is 0 Å². The summed E-state index contributed by atoms with van der Waals surface area (Å²) >= 11 is 3.39. The molecule has 24 heavy (non-hydrogen) atoms. The van der Waals surface area contributed by atoms with Crippen LogP contribution in [0.25, 0.3) is 0 Å². The van der Waals surface area contributed by atoms with Gasteiger partial charge in [0.1, 0.15) is 17.2 Å². The number of hydrogen-bond donors (Lipinski definition) is 1. The zero-order valence-corrected chi connectivity index (χ0v) is 15.6. The van der Waals surface area contributed by atoms with Crippen molar-refractivity contribution >= 4 is 21.8 Å². The highest BCUT2D eigenvalue weighted by molar-refractivity contribution is 9.10. The Morgan fingerprint density at radius 1 is 1.00 bits per heavy atom. The van der Waals surface area contributed by atoms with E-state index < -0.39 is 0 Å². The zero-order chi connectivity index (χ0) is 17.7. The molecule has 0 saturated heterocycles. The van der Waals surface area contributed by atoms with Crippen molar-refractivity contribution in [3.05, 3.63) is 52.0 Å². The second-order valence-corrected chi connectivity index (χ2v) is 6.01. The maximum Gasteiger partial charge on any atom is 0.251 e. The molecule has 0 fully saturated rings. The van der Waals surface area contributed by atoms with E-state index in [1.54, 1.807) is 39.5 Å². The fourth-order valence-electron chi connectivity index (χ4n) is 2.34. The number of amides is 1. The van der Waals surface area contributed by atoms with E-state index in [4.69, 9.17) is 14.2 Å². The van der Waals surface area contributed by atoms with Crippen molar-refractivity contribution < 1.29 is 19.0 Å². The van der Waals surface area contributed by atoms with Gasteiger partial charge >= 0.3 is 0 Å². The molecule has 0 aliphatic rings. The molecule has 2 aromatic carbocycles. The Labute approximate surface area is 150 Å². The first-order valence-electron chi connectivity index (χ1n) is 7.36. The summed E-state index contributed by atoms with van der Waals surface area (Å²) < 4.78 is 16.5. The minimum Gasteiger partial charge on any atom is -0.497 e. The Bertz CT molecular complexity index is 733. The molecule has 1 atom stereocenters. The number of carbonyl (C=O) groups is 1. The van der Waals surface area contributed by atoms with E-state index in [0.29, 0.717) is 22.8 Å². The SMILES string of the molecule is COc1ccc(OC)c([C@H](C)NC(=O)c2ccc(OC)c(Br)c2)c1. The standard InChI is InChI=1S/C18H20BrNO4/c1-11(14-10-13(22-2)6-8-16(14)23-3)20-18(21)12-5-7-17(24-4)15(19)9-12/h5-11H,1-4H3,(H,20,21)/t11-/m0/s1. The number of carbonyl (C=O) groups excluding carboxylic acids is 1. The maximum atomic E-state index is 12.5. The summed E-state index contributed by atoms with van der Waals surface area (Å²) in [5.41, 5.74) is 1.38. The number of halogens is 1. The molecule has 0 bridgehead atoms. The number of hydrogen-bond acceptors (Lipinski definition) is 4. The van der Waals surface area contributed by atoms with Crippen LogP contribution in [0.5, 0.6) is 17.2 Å². The van der Waals surface area contributed by atoms with Gasteiger partial charge in [-0.15, -0.1) is 0 Å². The molecule has 0 saturated carbocycles. The van der Waals surface area contributed by atoms with Crippen LogP contribution in [0.4, 0.5) is 0 Å². The van der Waals surface area contributed by atoms with Crippen LogP contribution < -0.4 is 19.5 Å². The maximum absolute atomic E-state index is 12.5. The molecular weight excluding hydrogens is 374 g/mol. The molecule has 5 nitrogen and oxygen atoms in total. The molecule has 0 spiro atoms. The summed E-state index contributed by atoms with van der Waals surface area (Å²) in [5.74, 6) is 1.89. The predicted octanol–water partition coefficient (Wildman–Crippen LogP) is 3.97. The van der Waals surface area contributed by atoms with E-state index in [-0.39, 0.29) is 11.9 Å². The average Bonchev–Trinajstić information content (AvgIpc) is 2.60. The molecule has 128 valence electrons. The summed E-state index contributed by atoms with van der Waals surface area (Å²) in [6.45, 7) is 1.90. The highest BCUT2D eigenvalue weighted by Crippen LogP contribution is 2.30. The first-order valence-corrected chi connectivity index (χ1v) is 8.15. The van der Waals surface area contributed by atoms with E-state index in [2.05, 4.69) is 21.2 Å². The predicted molar refractivity (Wildman–Crippen MR) is 96.1 cm³/mol. The fraction of sp³-hybridized carbons (Fsp3) is 0.278. The second-order valence-electron chi connectivity index (χ2n) is 5.15. The van der Waals surface area contributed by atoms with Gasteiger partial charge in [-0.25, -0.2) is 0 Å². The molecule has 0 unspecified atom stereocenters. The minimum absolute atomic E-state index is 0.185. The third-order valence-corrected chi connectivity index (χ3v) is 4.28. The van der Waals surface area contributed by atoms with Crippen LogP contribution in [0.15, 0.2) is 40.9 Å². The summed E-state index contributed by atoms with van der Waals surface area (Å²) in [5, 5.41) is 2.97. The van der Waals surface area contributed by atoms with Crippen LogP contribution in [0.3, 0.4) is 0 Å². The molecule has 0 heterocycles. The van der Waals surface area contributed by atoms with Gasteiger partial charge in [0.05, 0.1) is 31.8 Å². The minimum atomic E-state index is -0.247. The van der Waals surface area contributed by atoms with Crippen molar-refractivity contribution in [1.82, 2.24) is 5.32 Å². The van der Waals surface area contributed by atoms with Crippen LogP contribution in [0.2, 0.25) is 0 Å². The van der Waals surface area contributed by atoms with Crippen LogP contribution in [0.1, 0.15) is 28.9 Å². The Balaban J connectivity index is 2.21. The summed E-state index contributed by atoms with van der Waals surface area (Å²) in [7, 11) is 4.78. The molecule has 1 N–H and O–H groups in total. The van der Waals surface area contributed by atoms with Crippen LogP contribution in [0, 0.1) is 0 Å². The van der Waals surface area contributed by atoms with E-state index in [0.717, 1.165) is 10.0 Å². The Hall–Kier alpha value is -2.21. The Kier molecular flexibility index (Phi) is 6.09. The van der Waals surface area contributed by atoms with Crippen molar-refractivity contribution in [3.63, 3.8) is 0 Å². The number of nitrogens with one attached hydrogen (secondary N) is 1. The molecular formula is C18H20BrNO4. The van der Waals surface area contributed by atoms with Crippen LogP contribution in [-0.4, -0.2) is 27.2 Å². The van der Waals surface area contributed by atoms with Gasteiger partial charge in [0.2, 0.25) is 0 Å². The third kappa shape index (κ3) is 4.00. The number of methoxy groups -OCH3 is 3. The molecule has 2 rings (SSSR count). The lowest BCUT2D eigenvalue weighted by atomic mass is 10.1. The van der Waals surface area contributed by atoms with Crippen LogP contribution in [-0.2, 0) is 0 Å². The smallest absolute Gasteiger partial charge is 0.251 e. The quantitative estimate of drug-likeness (QED) is 0.806. The van der Waals surface area contributed by atoms with Crippen molar-refractivity contribution in [1.29, 1.82) is 0 Å². The summed E-state index contributed by atoms with van der Waals surface area (Å²) in [4.78, 5) is 12.5. The first kappa shape index (κ1) is 18.1. The van der Waals surface area contributed by atoms with Gasteiger partial charge in [-0.2, -0.15) is 0 Å². The number of benzene rings is 2. The van der Waals surface area contributed by atoms with E-state index in [9.17, 15) is 4.79 Å². The second kappa shape index (κ2) is 8.06. The molecule has 2 aromatic rings. The van der Waals surface area contributed by atoms with Crippen molar-refractivity contribution in [2.45, 2.75) is 13.0 Å². The molecule has 0 aliphatic heterocycles. The van der Waals surface area contributed by atoms with Gasteiger partial charge in [-0.05, 0) is 59.3 Å². The van der Waals surface area contributed by atoms with E-state index >= 15 is 0 Å². The number of ether oxygens (including phenoxy) is 3. The van der Waals surface area contributed by atoms with Crippen LogP contribution >= 0.6 is 15.9 Å². The average molecular weight is 394 g/mol. The topological polar surface area (TPSA) is 56.8 Å². The molecule has 0 radical (unpaired) electrons. The Morgan fingerprint density at radius 2 is 1.67 bits per heavy atom. The lowest BCUT2D eigenvalue weighted by Gasteiger charge is -2.18. The van der Waals surface area contributed by atoms with Gasteiger partial charge in [-0.1, -0.05) is 0 Å². The van der Waals surface area contributed by atoms with E-state index in [1.807, 2.05) is 25.1 Å². The van der Waals surface area contributed by atoms with Gasteiger partial charge in [-0.3, -0.25) is 4.79 Å². The summed E-state index contributed by atoms with van der Waals surface area (Å²) in [6.07, 6.45) is 0. The lowest BCUT2D eigenvalue weighted by molar-refractivity contribution is 0.0939. The Morgan fingerprint density at radius 3 is 2.25 bits per heavy atom. The van der Waals surface area contributed by atoms with Gasteiger partial charge in [0.25, 0.3) is 5.91 Å². The first-order chi connectivity index (χ1) is 11.5. The molecule has 0 aliphatic carbocycles. The normalized spacial score (nSPS) is 11.5. The van der Waals surface area contributed by atoms with Crippen molar-refractivity contribution in [2.24, 2.45) is 0 Å². The molecule has 6 heteroatoms. The van der Waals surface area contributed by atoms with E-state index in [1.165, 1.54) is 0 Å². The van der Waals surface area contributed by atoms with Crippen molar-refractivity contribution in [3.8, 4) is 17.2 Å². The number of rotatable bonds is 6. The highest BCUT2D eigenvalue weighted by atomic mass is 79.9. The van der Waals surface area contributed by atoms with Gasteiger partial charge < -0.3 is 19.5 Å². The molecule has 0 aromatic heterocycles. The fourth-order valence-corrected chi connectivity index (χ4v) is 2.88. The lowest BCUT2D eigenvalue weighted by Crippen LogP contribution is -2.27.